The Hall–Kier alpha value is -2.98. The summed E-state index contributed by atoms with van der Waals surface area (Å²) < 4.78 is 39.5. The van der Waals surface area contributed by atoms with E-state index in [1.165, 1.54) is 16.6 Å². The lowest BCUT2D eigenvalue weighted by molar-refractivity contribution is 0.386. The summed E-state index contributed by atoms with van der Waals surface area (Å²) in [6, 6.07) is 7.00. The van der Waals surface area contributed by atoms with Crippen LogP contribution in [-0.2, 0) is 10.0 Å². The van der Waals surface area contributed by atoms with Crippen LogP contribution in [0.1, 0.15) is 29.4 Å². The summed E-state index contributed by atoms with van der Waals surface area (Å²) in [7, 11) is -3.22. The monoisotopic (exact) mass is 454 g/mol. The molecule has 32 heavy (non-hydrogen) atoms. The van der Waals surface area contributed by atoms with E-state index in [1.807, 2.05) is 29.4 Å². The molecule has 166 valence electrons. The highest BCUT2D eigenvalue weighted by atomic mass is 32.2. The molecule has 2 aliphatic rings. The second-order valence-electron chi connectivity index (χ2n) is 8.22. The number of halogens is 1. The number of piperazine rings is 1. The van der Waals surface area contributed by atoms with Crippen LogP contribution in [0, 0.1) is 5.82 Å². The van der Waals surface area contributed by atoms with Gasteiger partial charge in [-0.15, -0.1) is 0 Å². The molecule has 2 fully saturated rings. The van der Waals surface area contributed by atoms with Crippen molar-refractivity contribution in [3.05, 3.63) is 66.0 Å². The Labute approximate surface area is 186 Å². The first-order chi connectivity index (χ1) is 15.4. The fourth-order valence-corrected chi connectivity index (χ4v) is 5.08. The second kappa shape index (κ2) is 8.18. The number of sulfonamides is 1. The maximum atomic E-state index is 14.6. The zero-order valence-electron chi connectivity index (χ0n) is 17.6. The molecule has 0 radical (unpaired) electrons. The molecule has 0 unspecified atom stereocenters. The molecule has 1 aromatic carbocycles. The van der Waals surface area contributed by atoms with Gasteiger partial charge in [0.2, 0.25) is 10.0 Å². The van der Waals surface area contributed by atoms with Gasteiger partial charge in [-0.2, -0.15) is 4.31 Å². The number of rotatable bonds is 5. The molecule has 8 nitrogen and oxygen atoms in total. The van der Waals surface area contributed by atoms with E-state index in [-0.39, 0.29) is 11.7 Å². The maximum Gasteiger partial charge on any atom is 0.211 e. The predicted octanol–water partition coefficient (Wildman–Crippen LogP) is 2.43. The van der Waals surface area contributed by atoms with Crippen LogP contribution >= 0.6 is 0 Å². The van der Waals surface area contributed by atoms with Gasteiger partial charge in [0.1, 0.15) is 5.82 Å². The fraction of sp³-hybridized carbons (Fsp3) is 0.364. The van der Waals surface area contributed by atoms with E-state index in [1.54, 1.807) is 18.5 Å². The zero-order valence-corrected chi connectivity index (χ0v) is 18.4. The number of hydrogen-bond donors (Lipinski definition) is 0. The van der Waals surface area contributed by atoms with Gasteiger partial charge < -0.3 is 4.90 Å². The Kier molecular flexibility index (Phi) is 5.34. The lowest BCUT2D eigenvalue weighted by Crippen LogP contribution is -2.48. The van der Waals surface area contributed by atoms with Crippen molar-refractivity contribution in [2.75, 3.05) is 37.3 Å². The number of nitrogens with zero attached hydrogens (tertiary/aromatic N) is 6. The van der Waals surface area contributed by atoms with Gasteiger partial charge in [0, 0.05) is 51.0 Å². The van der Waals surface area contributed by atoms with Gasteiger partial charge in [-0.1, -0.05) is 6.07 Å². The maximum absolute atomic E-state index is 14.6. The summed E-state index contributed by atoms with van der Waals surface area (Å²) in [5.74, 6) is 1.28. The van der Waals surface area contributed by atoms with Crippen LogP contribution in [0.4, 0.5) is 10.1 Å². The highest BCUT2D eigenvalue weighted by Crippen LogP contribution is 2.54. The minimum absolute atomic E-state index is 0.283. The number of benzene rings is 1. The molecule has 1 aliphatic heterocycles. The second-order valence-corrected chi connectivity index (χ2v) is 10.2. The Morgan fingerprint density at radius 3 is 2.19 bits per heavy atom. The van der Waals surface area contributed by atoms with E-state index < -0.39 is 10.0 Å². The van der Waals surface area contributed by atoms with Crippen molar-refractivity contribution < 1.29 is 12.8 Å². The van der Waals surface area contributed by atoms with Crippen LogP contribution in [0.2, 0.25) is 0 Å². The van der Waals surface area contributed by atoms with Gasteiger partial charge in [0.05, 0.1) is 11.9 Å². The molecule has 2 aromatic heterocycles. The van der Waals surface area contributed by atoms with Gasteiger partial charge >= 0.3 is 0 Å². The SMILES string of the molecule is CS(=O)(=O)N1CCN(c2cc([C@@H]3C[C@H]3c3cnc(-c4ncccn4)nc3)ccc2F)CC1. The molecular formula is C22H23FN6O2S. The quantitative estimate of drug-likeness (QED) is 0.585. The first-order valence-electron chi connectivity index (χ1n) is 10.5. The van der Waals surface area contributed by atoms with Crippen LogP contribution in [0.5, 0.6) is 0 Å². The van der Waals surface area contributed by atoms with Gasteiger partial charge in [-0.25, -0.2) is 32.7 Å². The van der Waals surface area contributed by atoms with Crippen LogP contribution < -0.4 is 4.90 Å². The Morgan fingerprint density at radius 2 is 1.53 bits per heavy atom. The molecule has 1 saturated heterocycles. The average molecular weight is 455 g/mol. The topological polar surface area (TPSA) is 92.2 Å². The molecule has 3 heterocycles. The molecule has 0 bridgehead atoms. The van der Waals surface area contributed by atoms with Crippen LogP contribution in [-0.4, -0.2) is 65.1 Å². The molecule has 0 spiro atoms. The van der Waals surface area contributed by atoms with E-state index in [0.717, 1.165) is 17.5 Å². The molecule has 0 N–H and O–H groups in total. The van der Waals surface area contributed by atoms with E-state index in [0.29, 0.717) is 49.4 Å². The zero-order chi connectivity index (χ0) is 22.3. The summed E-state index contributed by atoms with van der Waals surface area (Å²) in [6.45, 7) is 1.67. The van der Waals surface area contributed by atoms with Crippen molar-refractivity contribution in [2.45, 2.75) is 18.3 Å². The summed E-state index contributed by atoms with van der Waals surface area (Å²) in [5, 5.41) is 0. The van der Waals surface area contributed by atoms with Crippen LogP contribution in [0.3, 0.4) is 0 Å². The van der Waals surface area contributed by atoms with Gasteiger partial charge in [0.25, 0.3) is 0 Å². The average Bonchev–Trinajstić information content (AvgIpc) is 3.61. The molecule has 1 aliphatic carbocycles. The van der Waals surface area contributed by atoms with Crippen molar-refractivity contribution in [1.29, 1.82) is 0 Å². The van der Waals surface area contributed by atoms with E-state index in [4.69, 9.17) is 0 Å². The van der Waals surface area contributed by atoms with E-state index in [2.05, 4.69) is 19.9 Å². The number of aromatic nitrogens is 4. The smallest absolute Gasteiger partial charge is 0.211 e. The first kappa shape index (κ1) is 20.9. The fourth-order valence-electron chi connectivity index (χ4n) is 4.25. The summed E-state index contributed by atoms with van der Waals surface area (Å²) >= 11 is 0. The number of hydrogen-bond acceptors (Lipinski definition) is 7. The van der Waals surface area contributed by atoms with E-state index >= 15 is 0 Å². The minimum atomic E-state index is -3.22. The van der Waals surface area contributed by atoms with Gasteiger partial charge in [-0.3, -0.25) is 0 Å². The molecule has 10 heteroatoms. The molecule has 2 atom stereocenters. The normalized spacial score (nSPS) is 21.5. The summed E-state index contributed by atoms with van der Waals surface area (Å²) in [6.07, 6.45) is 9.11. The van der Waals surface area contributed by atoms with Gasteiger partial charge in [0.15, 0.2) is 11.6 Å². The minimum Gasteiger partial charge on any atom is -0.367 e. The van der Waals surface area contributed by atoms with Crippen molar-refractivity contribution in [3.8, 4) is 11.6 Å². The largest absolute Gasteiger partial charge is 0.367 e. The highest BCUT2D eigenvalue weighted by Gasteiger charge is 2.40. The summed E-state index contributed by atoms with van der Waals surface area (Å²) in [5.41, 5.74) is 2.66. The van der Waals surface area contributed by atoms with Crippen LogP contribution in [0.15, 0.2) is 49.1 Å². The number of anilines is 1. The third kappa shape index (κ3) is 4.20. The van der Waals surface area contributed by atoms with Crippen molar-refractivity contribution in [2.24, 2.45) is 0 Å². The van der Waals surface area contributed by atoms with Crippen LogP contribution in [0.25, 0.3) is 11.6 Å². The Morgan fingerprint density at radius 1 is 0.906 bits per heavy atom. The van der Waals surface area contributed by atoms with Crippen molar-refractivity contribution in [3.63, 3.8) is 0 Å². The predicted molar refractivity (Wildman–Crippen MR) is 118 cm³/mol. The third-order valence-electron chi connectivity index (χ3n) is 6.10. The Bertz CT molecular complexity index is 1210. The van der Waals surface area contributed by atoms with E-state index in [9.17, 15) is 12.8 Å². The highest BCUT2D eigenvalue weighted by molar-refractivity contribution is 7.88. The molecule has 5 rings (SSSR count). The van der Waals surface area contributed by atoms with Crippen molar-refractivity contribution >= 4 is 15.7 Å². The molecule has 1 saturated carbocycles. The lowest BCUT2D eigenvalue weighted by Gasteiger charge is -2.35. The molecular weight excluding hydrogens is 431 g/mol. The lowest BCUT2D eigenvalue weighted by atomic mass is 10.0. The molecule has 3 aromatic rings. The molecule has 0 amide bonds. The van der Waals surface area contributed by atoms with Gasteiger partial charge in [-0.05, 0) is 47.6 Å². The van der Waals surface area contributed by atoms with Crippen molar-refractivity contribution in [1.82, 2.24) is 24.2 Å². The summed E-state index contributed by atoms with van der Waals surface area (Å²) in [4.78, 5) is 19.1. The first-order valence-corrected chi connectivity index (χ1v) is 12.3. The standard InChI is InChI=1S/C22H23FN6O2S/c1-32(30,31)29-9-7-28(8-10-29)20-11-15(3-4-19(20)23)17-12-18(17)16-13-26-22(27-14-16)21-24-5-2-6-25-21/h2-6,11,13-14,17-18H,7-10,12H2,1H3/t17-,18-/m0/s1. The third-order valence-corrected chi connectivity index (χ3v) is 7.41. The Balaban J connectivity index is 1.29.